The molecule has 1 saturated heterocycles. The van der Waals surface area contributed by atoms with E-state index >= 15 is 0 Å². The van der Waals surface area contributed by atoms with Gasteiger partial charge in [0.1, 0.15) is 0 Å². The van der Waals surface area contributed by atoms with E-state index in [1.807, 2.05) is 0 Å². The molecule has 1 aliphatic rings. The fraction of sp³-hybridized carbons (Fsp3) is 0.647. The highest BCUT2D eigenvalue weighted by molar-refractivity contribution is 5.19. The zero-order valence-corrected chi connectivity index (χ0v) is 12.4. The Morgan fingerprint density at radius 1 is 1.26 bits per heavy atom. The Bertz CT molecular complexity index is 344. The third kappa shape index (κ3) is 3.80. The number of piperidine rings is 1. The Balaban J connectivity index is 2.15. The Kier molecular flexibility index (Phi) is 5.87. The predicted octanol–water partition coefficient (Wildman–Crippen LogP) is 3.60. The van der Waals surface area contributed by atoms with Crippen molar-refractivity contribution in [1.29, 1.82) is 0 Å². The van der Waals surface area contributed by atoms with E-state index in [0.29, 0.717) is 12.1 Å². The van der Waals surface area contributed by atoms with Crippen molar-refractivity contribution in [1.82, 2.24) is 10.2 Å². The molecule has 2 rings (SSSR count). The molecule has 2 unspecified atom stereocenters. The van der Waals surface area contributed by atoms with Gasteiger partial charge in [-0.25, -0.2) is 0 Å². The lowest BCUT2D eigenvalue weighted by Crippen LogP contribution is -2.47. The first kappa shape index (κ1) is 14.5. The minimum atomic E-state index is 0.575. The highest BCUT2D eigenvalue weighted by Gasteiger charge is 2.26. The van der Waals surface area contributed by atoms with Gasteiger partial charge in [-0.15, -0.1) is 0 Å². The van der Waals surface area contributed by atoms with Crippen LogP contribution in [0.1, 0.15) is 51.1 Å². The van der Waals surface area contributed by atoms with Crippen LogP contribution in [-0.2, 0) is 0 Å². The summed E-state index contributed by atoms with van der Waals surface area (Å²) in [6.07, 6.45) is 5.09. The third-order valence-corrected chi connectivity index (χ3v) is 4.19. The van der Waals surface area contributed by atoms with Gasteiger partial charge in [0.15, 0.2) is 0 Å². The number of hydrogen-bond acceptors (Lipinski definition) is 2. The molecular formula is C17H28N2. The summed E-state index contributed by atoms with van der Waals surface area (Å²) in [7, 11) is 0. The summed E-state index contributed by atoms with van der Waals surface area (Å²) in [5, 5.41) is 3.56. The molecule has 1 aromatic rings. The Hall–Kier alpha value is -0.860. The van der Waals surface area contributed by atoms with Gasteiger partial charge >= 0.3 is 0 Å². The minimum Gasteiger partial charge on any atom is -0.315 e. The smallest absolute Gasteiger partial charge is 0.0348 e. The molecule has 1 aromatic carbocycles. The average Bonchev–Trinajstić information content (AvgIpc) is 2.49. The van der Waals surface area contributed by atoms with Crippen molar-refractivity contribution < 1.29 is 0 Å². The van der Waals surface area contributed by atoms with Crippen molar-refractivity contribution in [2.75, 3.05) is 19.6 Å². The monoisotopic (exact) mass is 260 g/mol. The zero-order valence-electron chi connectivity index (χ0n) is 12.4. The number of nitrogens with zero attached hydrogens (tertiary/aromatic N) is 1. The van der Waals surface area contributed by atoms with Crippen molar-refractivity contribution in [2.24, 2.45) is 0 Å². The molecule has 0 aromatic heterocycles. The van der Waals surface area contributed by atoms with Gasteiger partial charge in [0.25, 0.3) is 0 Å². The molecule has 0 radical (unpaired) electrons. The largest absolute Gasteiger partial charge is 0.315 e. The lowest BCUT2D eigenvalue weighted by Gasteiger charge is -2.40. The molecular weight excluding hydrogens is 232 g/mol. The van der Waals surface area contributed by atoms with Gasteiger partial charge in [-0.2, -0.15) is 0 Å². The summed E-state index contributed by atoms with van der Waals surface area (Å²) in [6.45, 7) is 8.17. The van der Waals surface area contributed by atoms with E-state index < -0.39 is 0 Å². The fourth-order valence-electron chi connectivity index (χ4n) is 3.30. The first-order valence-electron chi connectivity index (χ1n) is 7.88. The molecule has 106 valence electrons. The van der Waals surface area contributed by atoms with Crippen LogP contribution in [0.25, 0.3) is 0 Å². The van der Waals surface area contributed by atoms with Gasteiger partial charge in [0.05, 0.1) is 0 Å². The fourth-order valence-corrected chi connectivity index (χ4v) is 3.30. The molecule has 2 heteroatoms. The molecule has 1 N–H and O–H groups in total. The molecule has 2 nitrogen and oxygen atoms in total. The summed E-state index contributed by atoms with van der Waals surface area (Å²) in [5.74, 6) is 0. The lowest BCUT2D eigenvalue weighted by molar-refractivity contribution is 0.108. The van der Waals surface area contributed by atoms with Crippen LogP contribution in [0.4, 0.5) is 0 Å². The minimum absolute atomic E-state index is 0.575. The highest BCUT2D eigenvalue weighted by Crippen LogP contribution is 2.28. The van der Waals surface area contributed by atoms with E-state index in [1.165, 1.54) is 44.3 Å². The van der Waals surface area contributed by atoms with Crippen LogP contribution in [0.3, 0.4) is 0 Å². The maximum atomic E-state index is 3.56. The van der Waals surface area contributed by atoms with Crippen LogP contribution in [0.15, 0.2) is 30.3 Å². The van der Waals surface area contributed by atoms with E-state index in [4.69, 9.17) is 0 Å². The predicted molar refractivity (Wildman–Crippen MR) is 82.4 cm³/mol. The normalized spacial score (nSPS) is 21.5. The van der Waals surface area contributed by atoms with E-state index in [-0.39, 0.29) is 0 Å². The van der Waals surface area contributed by atoms with E-state index in [9.17, 15) is 0 Å². The first-order chi connectivity index (χ1) is 9.36. The third-order valence-electron chi connectivity index (χ3n) is 4.19. The second-order valence-corrected chi connectivity index (χ2v) is 5.57. The van der Waals surface area contributed by atoms with Gasteiger partial charge < -0.3 is 5.32 Å². The molecule has 0 bridgehead atoms. The van der Waals surface area contributed by atoms with Crippen LogP contribution < -0.4 is 5.32 Å². The molecule has 2 atom stereocenters. The Morgan fingerprint density at radius 2 is 2.05 bits per heavy atom. The van der Waals surface area contributed by atoms with E-state index in [2.05, 4.69) is 54.4 Å². The van der Waals surface area contributed by atoms with Crippen molar-refractivity contribution in [2.45, 2.75) is 51.6 Å². The molecule has 0 aliphatic carbocycles. The molecule has 1 heterocycles. The van der Waals surface area contributed by atoms with Gasteiger partial charge in [0.2, 0.25) is 0 Å². The number of rotatable bonds is 6. The summed E-state index contributed by atoms with van der Waals surface area (Å²) in [5.41, 5.74) is 1.48. The van der Waals surface area contributed by atoms with Gasteiger partial charge in [-0.3, -0.25) is 4.90 Å². The Labute approximate surface area is 118 Å². The highest BCUT2D eigenvalue weighted by atomic mass is 15.2. The van der Waals surface area contributed by atoms with Crippen LogP contribution in [0, 0.1) is 0 Å². The van der Waals surface area contributed by atoms with Crippen LogP contribution in [0.5, 0.6) is 0 Å². The van der Waals surface area contributed by atoms with Gasteiger partial charge in [0, 0.05) is 18.6 Å². The standard InChI is InChI=1S/C17H28N2/c1-3-13-19(16-11-8-12-18-14-16)17(4-2)15-9-6-5-7-10-15/h5-7,9-10,16-18H,3-4,8,11-14H2,1-2H3. The SMILES string of the molecule is CCCN(C1CCCNC1)C(CC)c1ccccc1. The molecule has 1 aliphatic heterocycles. The van der Waals surface area contributed by atoms with Crippen molar-refractivity contribution in [3.05, 3.63) is 35.9 Å². The quantitative estimate of drug-likeness (QED) is 0.840. The van der Waals surface area contributed by atoms with Crippen LogP contribution in [-0.4, -0.2) is 30.6 Å². The number of benzene rings is 1. The lowest BCUT2D eigenvalue weighted by atomic mass is 9.97. The van der Waals surface area contributed by atoms with Crippen molar-refractivity contribution in [3.63, 3.8) is 0 Å². The second kappa shape index (κ2) is 7.66. The summed E-state index contributed by atoms with van der Waals surface area (Å²) >= 11 is 0. The zero-order chi connectivity index (χ0) is 13.5. The summed E-state index contributed by atoms with van der Waals surface area (Å²) < 4.78 is 0. The average molecular weight is 260 g/mol. The topological polar surface area (TPSA) is 15.3 Å². The van der Waals surface area contributed by atoms with Crippen LogP contribution >= 0.6 is 0 Å². The Morgan fingerprint density at radius 3 is 2.63 bits per heavy atom. The van der Waals surface area contributed by atoms with Crippen molar-refractivity contribution >= 4 is 0 Å². The summed E-state index contributed by atoms with van der Waals surface area (Å²) in [6, 6.07) is 12.3. The maximum Gasteiger partial charge on any atom is 0.0348 e. The van der Waals surface area contributed by atoms with Crippen molar-refractivity contribution in [3.8, 4) is 0 Å². The maximum absolute atomic E-state index is 3.56. The second-order valence-electron chi connectivity index (χ2n) is 5.57. The first-order valence-corrected chi connectivity index (χ1v) is 7.88. The molecule has 1 fully saturated rings. The number of hydrogen-bond donors (Lipinski definition) is 1. The van der Waals surface area contributed by atoms with E-state index in [1.54, 1.807) is 0 Å². The van der Waals surface area contributed by atoms with Gasteiger partial charge in [-0.05, 0) is 44.3 Å². The van der Waals surface area contributed by atoms with Gasteiger partial charge in [-0.1, -0.05) is 44.2 Å². The summed E-state index contributed by atoms with van der Waals surface area (Å²) in [4.78, 5) is 2.74. The molecule has 0 saturated carbocycles. The molecule has 19 heavy (non-hydrogen) atoms. The van der Waals surface area contributed by atoms with E-state index in [0.717, 1.165) is 6.54 Å². The molecule has 0 spiro atoms. The van der Waals surface area contributed by atoms with Crippen LogP contribution in [0.2, 0.25) is 0 Å². The molecule has 0 amide bonds. The number of nitrogens with one attached hydrogen (secondary N) is 1.